The van der Waals surface area contributed by atoms with Gasteiger partial charge in [-0.2, -0.15) is 14.5 Å². The van der Waals surface area contributed by atoms with Gasteiger partial charge in [0.05, 0.1) is 5.41 Å². The summed E-state index contributed by atoms with van der Waals surface area (Å²) >= 11 is 0. The van der Waals surface area contributed by atoms with Crippen molar-refractivity contribution in [1.82, 2.24) is 0 Å². The Labute approximate surface area is 309 Å². The smallest absolute Gasteiger partial charge is 0.153 e. The SMILES string of the molecule is CN1C(=CC=CC2=[N+](C)c3ccc4ccccc4c3C23CCCCC3)C(C)(Cc2ccccc2)c2ccccc21.FF.FF.FF.F[P-](F)(F)(F)(F)F.P. The molecule has 0 N–H and O–H groups in total. The molecule has 0 saturated heterocycles. The standard InChI is InChI=1S/C38H39N2.F6P.3F2.H3P/c1-37(27-28-15-6-4-7-16-28)31-19-10-11-20-32(31)39(2)34(37)21-14-22-35-38(25-12-5-13-26-38)36-30-18-9-8-17-29(30)23-24-33(36)40(35)3;1-7(2,3,4,5)6;3*1-2;/h4,6-11,14-24H,5,12-13,25-27H2,1-3H3;;;;;1H3/q+1;-1;;;;. The molecule has 2 aliphatic heterocycles. The molecule has 0 amide bonds. The van der Waals surface area contributed by atoms with Gasteiger partial charge in [0.2, 0.25) is 5.69 Å². The predicted octanol–water partition coefficient (Wildman–Crippen LogP) is 14.8. The summed E-state index contributed by atoms with van der Waals surface area (Å²) in [6, 6.07) is 33.5. The number of anilines is 1. The summed E-state index contributed by atoms with van der Waals surface area (Å²) in [6.45, 7) is 2.42. The number of hydrogen-bond donors (Lipinski definition) is 0. The average Bonchev–Trinajstić information content (AvgIpc) is 3.50. The van der Waals surface area contributed by atoms with Gasteiger partial charge in [-0.25, -0.2) is 0 Å². The molecule has 54 heavy (non-hydrogen) atoms. The third-order valence-electron chi connectivity index (χ3n) is 10.0. The van der Waals surface area contributed by atoms with Crippen LogP contribution in [0.2, 0.25) is 0 Å². The topological polar surface area (TPSA) is 6.25 Å². The van der Waals surface area contributed by atoms with Gasteiger partial charge in [-0.05, 0) is 66.3 Å². The molecule has 0 bridgehead atoms. The quantitative estimate of drug-likeness (QED) is 0.113. The molecule has 1 fully saturated rings. The second kappa shape index (κ2) is 17.7. The van der Waals surface area contributed by atoms with E-state index >= 15 is 0 Å². The van der Waals surface area contributed by atoms with E-state index in [0.29, 0.717) is 0 Å². The van der Waals surface area contributed by atoms with Crippen LogP contribution in [-0.4, -0.2) is 24.4 Å². The molecule has 2 unspecified atom stereocenters. The third-order valence-corrected chi connectivity index (χ3v) is 10.0. The van der Waals surface area contributed by atoms with Crippen LogP contribution in [0.25, 0.3) is 10.8 Å². The van der Waals surface area contributed by atoms with E-state index in [9.17, 15) is 25.2 Å². The van der Waals surface area contributed by atoms with Crippen molar-refractivity contribution in [3.05, 3.63) is 132 Å². The number of likely N-dealkylation sites (N-methyl/N-ethyl adjacent to an activating group) is 1. The van der Waals surface area contributed by atoms with Gasteiger partial charge in [-0.1, -0.05) is 98.1 Å². The van der Waals surface area contributed by atoms with E-state index in [1.165, 1.54) is 76.8 Å². The molecule has 0 radical (unpaired) electrons. The van der Waals surface area contributed by atoms with Crippen molar-refractivity contribution in [2.24, 2.45) is 0 Å². The van der Waals surface area contributed by atoms with Gasteiger partial charge in [-0.15, -0.1) is 0 Å². The zero-order valence-corrected chi connectivity index (χ0v) is 32.0. The van der Waals surface area contributed by atoms with Crippen molar-refractivity contribution in [2.75, 3.05) is 19.0 Å². The first-order chi connectivity index (χ1) is 25.0. The number of hydrogen-bond acceptors (Lipinski definition) is 1. The Morgan fingerprint density at radius 3 is 1.87 bits per heavy atom. The number of halogens is 12. The number of rotatable bonds is 4. The van der Waals surface area contributed by atoms with Crippen molar-refractivity contribution in [3.8, 4) is 0 Å². The largest absolute Gasteiger partial charge is 0.153 e. The maximum atomic E-state index is 9.87. The molecule has 16 heteroatoms. The molecule has 4 aromatic rings. The van der Waals surface area contributed by atoms with Crippen LogP contribution in [0.5, 0.6) is 0 Å². The number of allylic oxidation sites excluding steroid dienone is 4. The van der Waals surface area contributed by atoms with Crippen molar-refractivity contribution in [3.63, 3.8) is 0 Å². The van der Waals surface area contributed by atoms with Crippen LogP contribution < -0.4 is 4.90 Å². The Hall–Kier alpha value is -3.89. The fourth-order valence-electron chi connectivity index (χ4n) is 8.14. The Kier molecular flexibility index (Phi) is 15.2. The molecule has 3 aliphatic rings. The summed E-state index contributed by atoms with van der Waals surface area (Å²) in [6.07, 6.45) is 14.5. The van der Waals surface area contributed by atoms with E-state index in [1.807, 2.05) is 0 Å². The fraction of sp³-hybridized carbons (Fsp3) is 0.289. The monoisotopic (exact) mass is 816 g/mol. The molecule has 4 aromatic carbocycles. The molecule has 2 nitrogen and oxygen atoms in total. The average molecular weight is 817 g/mol. The Bertz CT molecular complexity index is 1930. The first kappa shape index (κ1) is 46.3. The molecular weight excluding hydrogens is 774 g/mol. The van der Waals surface area contributed by atoms with Crippen LogP contribution in [0.1, 0.15) is 55.7 Å². The van der Waals surface area contributed by atoms with Crippen LogP contribution in [0, 0.1) is 0 Å². The second-order valence-corrected chi connectivity index (χ2v) is 15.1. The summed E-state index contributed by atoms with van der Waals surface area (Å²) in [7, 11) is -6.15. The maximum absolute atomic E-state index is 10.7. The van der Waals surface area contributed by atoms with E-state index in [4.69, 9.17) is 27.4 Å². The minimum absolute atomic E-state index is 0. The second-order valence-electron chi connectivity index (χ2n) is 13.2. The van der Waals surface area contributed by atoms with E-state index < -0.39 is 7.81 Å². The van der Waals surface area contributed by atoms with Gasteiger partial charge in [0.1, 0.15) is 7.05 Å². The van der Waals surface area contributed by atoms with Gasteiger partial charge in [0.25, 0.3) is 0 Å². The van der Waals surface area contributed by atoms with Crippen molar-refractivity contribution >= 4 is 45.6 Å². The van der Waals surface area contributed by atoms with E-state index in [1.54, 1.807) is 5.56 Å². The number of para-hydroxylation sites is 1. The van der Waals surface area contributed by atoms with E-state index in [0.717, 1.165) is 6.42 Å². The van der Waals surface area contributed by atoms with E-state index in [-0.39, 0.29) is 20.7 Å². The molecule has 2 heterocycles. The van der Waals surface area contributed by atoms with Gasteiger partial charge in [0.15, 0.2) is 5.71 Å². The van der Waals surface area contributed by atoms with E-state index in [2.05, 4.69) is 140 Å². The van der Waals surface area contributed by atoms with Crippen LogP contribution in [0.4, 0.5) is 64.0 Å². The number of nitrogens with zero attached hydrogens (tertiary/aromatic N) is 2. The molecule has 1 aliphatic carbocycles. The molecule has 298 valence electrons. The Morgan fingerprint density at radius 1 is 0.722 bits per heavy atom. The summed E-state index contributed by atoms with van der Waals surface area (Å²) in [5, 5.41) is 2.78. The van der Waals surface area contributed by atoms with Crippen LogP contribution in [0.15, 0.2) is 115 Å². The van der Waals surface area contributed by atoms with Gasteiger partial charge >= 0.3 is 33.0 Å². The summed E-state index contributed by atoms with van der Waals surface area (Å²) in [5.41, 5.74) is 9.85. The molecule has 7 rings (SSSR count). The Balaban J connectivity index is 0.000000636. The number of benzene rings is 4. The van der Waals surface area contributed by atoms with Crippen molar-refractivity contribution in [2.45, 2.75) is 56.3 Å². The first-order valence-electron chi connectivity index (χ1n) is 16.4. The molecular formula is C38H42F12N2P2. The fourth-order valence-corrected chi connectivity index (χ4v) is 8.14. The number of fused-ring (bicyclic) bond motifs is 5. The molecule has 1 saturated carbocycles. The van der Waals surface area contributed by atoms with Crippen LogP contribution in [0.3, 0.4) is 0 Å². The Morgan fingerprint density at radius 2 is 1.26 bits per heavy atom. The maximum Gasteiger partial charge on any atom is -0.153 e. The molecule has 1 spiro atoms. The zero-order chi connectivity index (χ0) is 39.7. The van der Waals surface area contributed by atoms with Crippen LogP contribution in [-0.2, 0) is 17.3 Å². The summed E-state index contributed by atoms with van der Waals surface area (Å²) in [5.74, 6) is 0. The summed E-state index contributed by atoms with van der Waals surface area (Å²) < 4.78 is 110. The zero-order valence-electron chi connectivity index (χ0n) is 29.7. The normalized spacial score (nSPS) is 20.1. The van der Waals surface area contributed by atoms with Crippen molar-refractivity contribution in [1.29, 1.82) is 0 Å². The van der Waals surface area contributed by atoms with Gasteiger partial charge < -0.3 is 4.90 Å². The minimum Gasteiger partial charge on any atom is -0.153 e. The van der Waals surface area contributed by atoms with Crippen molar-refractivity contribution < 1.29 is 57.2 Å². The molecule has 2 atom stereocenters. The van der Waals surface area contributed by atoms with Gasteiger partial charge in [0, 0.05) is 69.0 Å². The minimum atomic E-state index is -10.7. The summed E-state index contributed by atoms with van der Waals surface area (Å²) in [4.78, 5) is 2.41. The van der Waals surface area contributed by atoms with Gasteiger partial charge in [-0.3, -0.25) is 0 Å². The first-order valence-corrected chi connectivity index (χ1v) is 18.4. The van der Waals surface area contributed by atoms with Crippen LogP contribution >= 0.6 is 17.7 Å². The third kappa shape index (κ3) is 10.7. The predicted molar refractivity (Wildman–Crippen MR) is 200 cm³/mol. The molecule has 0 aromatic heterocycles.